The maximum absolute atomic E-state index is 4.17. The SMILES string of the molecule is Cc1ncc(CNC2CC(C)(C)C2)[nH]1. The number of imidazole rings is 1. The van der Waals surface area contributed by atoms with E-state index in [2.05, 4.69) is 29.1 Å². The molecule has 0 aliphatic heterocycles. The number of aryl methyl sites for hydroxylation is 1. The van der Waals surface area contributed by atoms with Crippen molar-refractivity contribution in [2.75, 3.05) is 0 Å². The maximum atomic E-state index is 4.17. The lowest BCUT2D eigenvalue weighted by atomic mass is 9.68. The summed E-state index contributed by atoms with van der Waals surface area (Å²) in [5, 5.41) is 3.53. The van der Waals surface area contributed by atoms with Crippen molar-refractivity contribution in [3.05, 3.63) is 17.7 Å². The predicted molar refractivity (Wildman–Crippen MR) is 57.0 cm³/mol. The fourth-order valence-corrected chi connectivity index (χ4v) is 2.23. The van der Waals surface area contributed by atoms with Crippen molar-refractivity contribution in [3.8, 4) is 0 Å². The molecular weight excluding hydrogens is 174 g/mol. The van der Waals surface area contributed by atoms with Crippen LogP contribution in [-0.2, 0) is 6.54 Å². The molecule has 0 saturated heterocycles. The highest BCUT2D eigenvalue weighted by Gasteiger charge is 2.35. The lowest BCUT2D eigenvalue weighted by molar-refractivity contribution is 0.125. The Kier molecular flexibility index (Phi) is 2.35. The molecule has 1 aliphatic rings. The Balaban J connectivity index is 1.74. The van der Waals surface area contributed by atoms with Gasteiger partial charge in [0.25, 0.3) is 0 Å². The Hall–Kier alpha value is -0.830. The number of H-pyrrole nitrogens is 1. The smallest absolute Gasteiger partial charge is 0.103 e. The predicted octanol–water partition coefficient (Wildman–Crippen LogP) is 2.00. The maximum Gasteiger partial charge on any atom is 0.103 e. The minimum Gasteiger partial charge on any atom is -0.345 e. The molecule has 0 aromatic carbocycles. The van der Waals surface area contributed by atoms with E-state index in [1.165, 1.54) is 18.5 Å². The van der Waals surface area contributed by atoms with E-state index >= 15 is 0 Å². The normalized spacial score (nSPS) is 20.8. The van der Waals surface area contributed by atoms with Crippen molar-refractivity contribution in [2.24, 2.45) is 5.41 Å². The molecule has 1 heterocycles. The third-order valence-corrected chi connectivity index (χ3v) is 2.93. The van der Waals surface area contributed by atoms with E-state index in [1.54, 1.807) is 0 Å². The van der Waals surface area contributed by atoms with Crippen LogP contribution in [0.25, 0.3) is 0 Å². The van der Waals surface area contributed by atoms with Gasteiger partial charge in [0.2, 0.25) is 0 Å². The standard InChI is InChI=1S/C11H19N3/c1-8-12-6-10(14-8)7-13-9-4-11(2,3)5-9/h6,9,13H,4-5,7H2,1-3H3,(H,12,14). The third kappa shape index (κ3) is 2.15. The van der Waals surface area contributed by atoms with Crippen molar-refractivity contribution >= 4 is 0 Å². The molecule has 0 bridgehead atoms. The summed E-state index contributed by atoms with van der Waals surface area (Å²) in [6.07, 6.45) is 4.49. The van der Waals surface area contributed by atoms with Crippen LogP contribution in [0.3, 0.4) is 0 Å². The zero-order chi connectivity index (χ0) is 10.2. The average molecular weight is 193 g/mol. The second-order valence-electron chi connectivity index (χ2n) is 5.14. The molecule has 0 amide bonds. The van der Waals surface area contributed by atoms with Gasteiger partial charge in [-0.25, -0.2) is 4.98 Å². The van der Waals surface area contributed by atoms with E-state index in [-0.39, 0.29) is 0 Å². The van der Waals surface area contributed by atoms with Crippen molar-refractivity contribution in [3.63, 3.8) is 0 Å². The summed E-state index contributed by atoms with van der Waals surface area (Å²) in [6.45, 7) is 7.55. The number of nitrogens with one attached hydrogen (secondary N) is 2. The van der Waals surface area contributed by atoms with Gasteiger partial charge in [-0.1, -0.05) is 13.8 Å². The molecule has 14 heavy (non-hydrogen) atoms. The average Bonchev–Trinajstić information content (AvgIpc) is 2.44. The summed E-state index contributed by atoms with van der Waals surface area (Å²) in [4.78, 5) is 7.40. The van der Waals surface area contributed by atoms with Crippen LogP contribution >= 0.6 is 0 Å². The number of nitrogens with zero attached hydrogens (tertiary/aromatic N) is 1. The summed E-state index contributed by atoms with van der Waals surface area (Å²) < 4.78 is 0. The highest BCUT2D eigenvalue weighted by Crippen LogP contribution is 2.39. The molecule has 0 radical (unpaired) electrons. The van der Waals surface area contributed by atoms with E-state index in [0.717, 1.165) is 12.4 Å². The van der Waals surface area contributed by atoms with Gasteiger partial charge in [-0.15, -0.1) is 0 Å². The van der Waals surface area contributed by atoms with Gasteiger partial charge in [-0.3, -0.25) is 0 Å². The Bertz CT molecular complexity index is 306. The number of rotatable bonds is 3. The molecule has 0 unspecified atom stereocenters. The van der Waals surface area contributed by atoms with Crippen LogP contribution in [0.15, 0.2) is 6.20 Å². The Morgan fingerprint density at radius 3 is 2.79 bits per heavy atom. The fourth-order valence-electron chi connectivity index (χ4n) is 2.23. The molecule has 1 saturated carbocycles. The van der Waals surface area contributed by atoms with Gasteiger partial charge in [0.05, 0.1) is 0 Å². The summed E-state index contributed by atoms with van der Waals surface area (Å²) in [5.41, 5.74) is 1.74. The molecular formula is C11H19N3. The Labute approximate surface area is 85.3 Å². The first kappa shape index (κ1) is 9.71. The molecule has 0 spiro atoms. The molecule has 1 aliphatic carbocycles. The second-order valence-corrected chi connectivity index (χ2v) is 5.14. The summed E-state index contributed by atoms with van der Waals surface area (Å²) in [7, 11) is 0. The van der Waals surface area contributed by atoms with E-state index in [9.17, 15) is 0 Å². The van der Waals surface area contributed by atoms with Gasteiger partial charge in [0, 0.05) is 24.5 Å². The Morgan fingerprint density at radius 2 is 2.29 bits per heavy atom. The van der Waals surface area contributed by atoms with E-state index in [4.69, 9.17) is 0 Å². The largest absolute Gasteiger partial charge is 0.345 e. The minimum atomic E-state index is 0.557. The van der Waals surface area contributed by atoms with Crippen LogP contribution in [-0.4, -0.2) is 16.0 Å². The van der Waals surface area contributed by atoms with Crippen LogP contribution in [0, 0.1) is 12.3 Å². The molecule has 78 valence electrons. The van der Waals surface area contributed by atoms with Crippen LogP contribution in [0.4, 0.5) is 0 Å². The van der Waals surface area contributed by atoms with E-state index in [0.29, 0.717) is 11.5 Å². The minimum absolute atomic E-state index is 0.557. The topological polar surface area (TPSA) is 40.7 Å². The van der Waals surface area contributed by atoms with Gasteiger partial charge in [0.15, 0.2) is 0 Å². The number of hydrogen-bond donors (Lipinski definition) is 2. The van der Waals surface area contributed by atoms with Crippen LogP contribution in [0.5, 0.6) is 0 Å². The zero-order valence-corrected chi connectivity index (χ0v) is 9.22. The molecule has 1 aromatic rings. The third-order valence-electron chi connectivity index (χ3n) is 2.93. The summed E-state index contributed by atoms with van der Waals surface area (Å²) >= 11 is 0. The molecule has 3 nitrogen and oxygen atoms in total. The van der Waals surface area contributed by atoms with Crippen LogP contribution in [0.2, 0.25) is 0 Å². The molecule has 1 aromatic heterocycles. The van der Waals surface area contributed by atoms with Crippen molar-refractivity contribution < 1.29 is 0 Å². The number of aromatic amines is 1. The van der Waals surface area contributed by atoms with Gasteiger partial charge in [-0.2, -0.15) is 0 Å². The Morgan fingerprint density at radius 1 is 1.57 bits per heavy atom. The fraction of sp³-hybridized carbons (Fsp3) is 0.727. The van der Waals surface area contributed by atoms with Crippen molar-refractivity contribution in [1.29, 1.82) is 0 Å². The van der Waals surface area contributed by atoms with Crippen LogP contribution in [0.1, 0.15) is 38.2 Å². The quantitative estimate of drug-likeness (QED) is 0.770. The van der Waals surface area contributed by atoms with E-state index < -0.39 is 0 Å². The monoisotopic (exact) mass is 193 g/mol. The second kappa shape index (κ2) is 3.39. The van der Waals surface area contributed by atoms with Gasteiger partial charge < -0.3 is 10.3 Å². The number of hydrogen-bond acceptors (Lipinski definition) is 2. The van der Waals surface area contributed by atoms with Crippen molar-refractivity contribution in [1.82, 2.24) is 15.3 Å². The molecule has 0 atom stereocenters. The molecule has 1 fully saturated rings. The first-order chi connectivity index (χ1) is 6.55. The van der Waals surface area contributed by atoms with E-state index in [1.807, 2.05) is 13.1 Å². The first-order valence-electron chi connectivity index (χ1n) is 5.29. The molecule has 2 rings (SSSR count). The van der Waals surface area contributed by atoms with Gasteiger partial charge in [0.1, 0.15) is 5.82 Å². The summed E-state index contributed by atoms with van der Waals surface area (Å²) in [6, 6.07) is 0.702. The zero-order valence-electron chi connectivity index (χ0n) is 9.22. The first-order valence-corrected chi connectivity index (χ1v) is 5.29. The lowest BCUT2D eigenvalue weighted by Crippen LogP contribution is -2.45. The lowest BCUT2D eigenvalue weighted by Gasteiger charge is -2.43. The van der Waals surface area contributed by atoms with Gasteiger partial charge in [-0.05, 0) is 25.2 Å². The molecule has 3 heteroatoms. The van der Waals surface area contributed by atoms with Crippen LogP contribution < -0.4 is 5.32 Å². The highest BCUT2D eigenvalue weighted by atomic mass is 15.0. The summed E-state index contributed by atoms with van der Waals surface area (Å²) in [5.74, 6) is 0.996. The van der Waals surface area contributed by atoms with Crippen molar-refractivity contribution in [2.45, 2.75) is 46.2 Å². The van der Waals surface area contributed by atoms with Gasteiger partial charge >= 0.3 is 0 Å². The highest BCUT2D eigenvalue weighted by molar-refractivity contribution is 5.01. The number of aromatic nitrogens is 2. The molecule has 2 N–H and O–H groups in total.